The van der Waals surface area contributed by atoms with Crippen LogP contribution in [0, 0.1) is 5.92 Å². The first-order valence-corrected chi connectivity index (χ1v) is 5.18. The third kappa shape index (κ3) is 2.03. The molecule has 0 bridgehead atoms. The second-order valence-electron chi connectivity index (χ2n) is 4.10. The molecule has 2 rings (SSSR count). The van der Waals surface area contributed by atoms with Crippen LogP contribution in [0.25, 0.3) is 11.3 Å². The molecule has 5 heteroatoms. The summed E-state index contributed by atoms with van der Waals surface area (Å²) in [5, 5.41) is 3.79. The van der Waals surface area contributed by atoms with Gasteiger partial charge in [0.05, 0.1) is 5.56 Å². The largest absolute Gasteiger partial charge is 0.381 e. The number of hydrogen-bond acceptors (Lipinski definition) is 5. The van der Waals surface area contributed by atoms with E-state index in [-0.39, 0.29) is 0 Å². The summed E-state index contributed by atoms with van der Waals surface area (Å²) < 4.78 is 5.23. The molecule has 0 radical (unpaired) electrons. The molecular formula is C11H14N4O. The number of nitrogens with zero attached hydrogens (tertiary/aromatic N) is 3. The molecule has 0 unspecified atom stereocenters. The quantitative estimate of drug-likeness (QED) is 0.851. The average Bonchev–Trinajstić information content (AvgIpc) is 2.61. The third-order valence-electron chi connectivity index (χ3n) is 2.25. The molecule has 0 aliphatic carbocycles. The van der Waals surface area contributed by atoms with Crippen LogP contribution < -0.4 is 5.73 Å². The molecule has 5 nitrogen and oxygen atoms in total. The fourth-order valence-corrected chi connectivity index (χ4v) is 1.57. The summed E-state index contributed by atoms with van der Waals surface area (Å²) in [4.78, 5) is 7.90. The molecule has 16 heavy (non-hydrogen) atoms. The number of nitrogens with two attached hydrogens (primary N) is 1. The van der Waals surface area contributed by atoms with Gasteiger partial charge in [0.15, 0.2) is 11.6 Å². The third-order valence-corrected chi connectivity index (χ3v) is 2.25. The highest BCUT2D eigenvalue weighted by molar-refractivity contribution is 5.64. The molecule has 2 aromatic rings. The number of anilines is 1. The van der Waals surface area contributed by atoms with E-state index in [1.54, 1.807) is 12.4 Å². The zero-order valence-corrected chi connectivity index (χ0v) is 9.34. The van der Waals surface area contributed by atoms with E-state index in [2.05, 4.69) is 29.0 Å². The lowest BCUT2D eigenvalue weighted by Gasteiger charge is -2.04. The summed E-state index contributed by atoms with van der Waals surface area (Å²) >= 11 is 0. The van der Waals surface area contributed by atoms with E-state index in [1.807, 2.05) is 0 Å². The average molecular weight is 218 g/mol. The minimum atomic E-state index is 0.451. The van der Waals surface area contributed by atoms with Crippen LogP contribution in [0.5, 0.6) is 0 Å². The first-order valence-electron chi connectivity index (χ1n) is 5.18. The molecule has 0 atom stereocenters. The van der Waals surface area contributed by atoms with Gasteiger partial charge in [0.2, 0.25) is 0 Å². The normalized spacial score (nSPS) is 10.9. The smallest absolute Gasteiger partial charge is 0.175 e. The van der Waals surface area contributed by atoms with Gasteiger partial charge in [-0.3, -0.25) is 0 Å². The van der Waals surface area contributed by atoms with Gasteiger partial charge in [-0.2, -0.15) is 0 Å². The molecule has 0 aliphatic rings. The Morgan fingerprint density at radius 2 is 2.00 bits per heavy atom. The van der Waals surface area contributed by atoms with E-state index < -0.39 is 0 Å². The van der Waals surface area contributed by atoms with Crippen LogP contribution in [0.15, 0.2) is 23.2 Å². The summed E-state index contributed by atoms with van der Waals surface area (Å²) in [5.74, 6) is 1.62. The first-order chi connectivity index (χ1) is 7.68. The maximum atomic E-state index is 5.78. The van der Waals surface area contributed by atoms with E-state index in [4.69, 9.17) is 10.3 Å². The van der Waals surface area contributed by atoms with E-state index in [9.17, 15) is 0 Å². The summed E-state index contributed by atoms with van der Waals surface area (Å²) in [6.07, 6.45) is 5.69. The summed E-state index contributed by atoms with van der Waals surface area (Å²) in [5.41, 5.74) is 7.52. The predicted molar refractivity (Wildman–Crippen MR) is 60.5 cm³/mol. The highest BCUT2D eigenvalue weighted by Crippen LogP contribution is 2.28. The van der Waals surface area contributed by atoms with Crippen LogP contribution in [0.1, 0.15) is 19.4 Å². The van der Waals surface area contributed by atoms with Crippen LogP contribution >= 0.6 is 0 Å². The molecule has 0 aromatic carbocycles. The van der Waals surface area contributed by atoms with Gasteiger partial charge >= 0.3 is 0 Å². The first kappa shape index (κ1) is 10.6. The van der Waals surface area contributed by atoms with Crippen LogP contribution in [-0.2, 0) is 6.42 Å². The van der Waals surface area contributed by atoms with Crippen LogP contribution in [0.3, 0.4) is 0 Å². The molecule has 0 saturated carbocycles. The molecule has 0 saturated heterocycles. The highest BCUT2D eigenvalue weighted by atomic mass is 16.5. The van der Waals surface area contributed by atoms with Crippen LogP contribution in [0.4, 0.5) is 5.82 Å². The fourth-order valence-electron chi connectivity index (χ4n) is 1.57. The molecule has 2 N–H and O–H groups in total. The topological polar surface area (TPSA) is 77.8 Å². The van der Waals surface area contributed by atoms with Crippen molar-refractivity contribution in [2.24, 2.45) is 5.92 Å². The second kappa shape index (κ2) is 4.30. The number of rotatable bonds is 3. The van der Waals surface area contributed by atoms with Gasteiger partial charge in [0, 0.05) is 18.0 Å². The van der Waals surface area contributed by atoms with Crippen molar-refractivity contribution in [1.82, 2.24) is 15.1 Å². The van der Waals surface area contributed by atoms with Gasteiger partial charge < -0.3 is 10.3 Å². The van der Waals surface area contributed by atoms with Crippen molar-refractivity contribution in [2.45, 2.75) is 20.3 Å². The van der Waals surface area contributed by atoms with E-state index in [0.29, 0.717) is 17.5 Å². The zero-order chi connectivity index (χ0) is 11.5. The molecular weight excluding hydrogens is 204 g/mol. The molecule has 0 spiro atoms. The molecule has 0 fully saturated rings. The van der Waals surface area contributed by atoms with E-state index in [0.717, 1.165) is 17.5 Å². The van der Waals surface area contributed by atoms with Gasteiger partial charge in [-0.05, 0) is 12.3 Å². The Labute approximate surface area is 93.7 Å². The highest BCUT2D eigenvalue weighted by Gasteiger charge is 2.16. The Morgan fingerprint density at radius 3 is 2.62 bits per heavy atom. The lowest BCUT2D eigenvalue weighted by molar-refractivity contribution is 0.434. The lowest BCUT2D eigenvalue weighted by Crippen LogP contribution is -1.99. The monoisotopic (exact) mass is 218 g/mol. The van der Waals surface area contributed by atoms with Crippen molar-refractivity contribution in [3.63, 3.8) is 0 Å². The van der Waals surface area contributed by atoms with Gasteiger partial charge in [0.25, 0.3) is 0 Å². The Kier molecular flexibility index (Phi) is 2.85. The predicted octanol–water partition coefficient (Wildman–Crippen LogP) is 1.91. The number of hydrogen-bond donors (Lipinski definition) is 1. The lowest BCUT2D eigenvalue weighted by atomic mass is 10.0. The van der Waals surface area contributed by atoms with Gasteiger partial charge in [0.1, 0.15) is 6.33 Å². The van der Waals surface area contributed by atoms with Crippen molar-refractivity contribution in [3.05, 3.63) is 24.3 Å². The molecule has 0 aliphatic heterocycles. The fraction of sp³-hybridized carbons (Fsp3) is 0.364. The molecule has 84 valence electrons. The van der Waals surface area contributed by atoms with Crippen molar-refractivity contribution < 1.29 is 4.52 Å². The standard InChI is InChI=1S/C11H14N4O/c1-7(2)3-9-10(16-15-11(9)12)8-4-13-6-14-5-8/h4-7H,3H2,1-2H3,(H2,12,15). The maximum Gasteiger partial charge on any atom is 0.175 e. The van der Waals surface area contributed by atoms with Crippen molar-refractivity contribution >= 4 is 5.82 Å². The van der Waals surface area contributed by atoms with Gasteiger partial charge in [-0.25, -0.2) is 9.97 Å². The van der Waals surface area contributed by atoms with Crippen molar-refractivity contribution in [2.75, 3.05) is 5.73 Å². The van der Waals surface area contributed by atoms with Crippen LogP contribution in [-0.4, -0.2) is 15.1 Å². The summed E-state index contributed by atoms with van der Waals surface area (Å²) in [7, 11) is 0. The van der Waals surface area contributed by atoms with Gasteiger partial charge in [-0.1, -0.05) is 19.0 Å². The Balaban J connectivity index is 2.42. The minimum absolute atomic E-state index is 0.451. The van der Waals surface area contributed by atoms with Crippen LogP contribution in [0.2, 0.25) is 0 Å². The second-order valence-corrected chi connectivity index (χ2v) is 4.10. The number of nitrogen functional groups attached to an aromatic ring is 1. The number of aromatic nitrogens is 3. The SMILES string of the molecule is CC(C)Cc1c(N)noc1-c1cncnc1. The van der Waals surface area contributed by atoms with Crippen molar-refractivity contribution in [1.29, 1.82) is 0 Å². The Morgan fingerprint density at radius 1 is 1.31 bits per heavy atom. The summed E-state index contributed by atoms with van der Waals surface area (Å²) in [6, 6.07) is 0. The maximum absolute atomic E-state index is 5.78. The molecule has 0 amide bonds. The zero-order valence-electron chi connectivity index (χ0n) is 9.34. The Hall–Kier alpha value is -1.91. The Bertz CT molecular complexity index is 464. The summed E-state index contributed by atoms with van der Waals surface area (Å²) in [6.45, 7) is 4.25. The minimum Gasteiger partial charge on any atom is -0.381 e. The van der Waals surface area contributed by atoms with Crippen molar-refractivity contribution in [3.8, 4) is 11.3 Å². The van der Waals surface area contributed by atoms with Gasteiger partial charge in [-0.15, -0.1) is 0 Å². The van der Waals surface area contributed by atoms with E-state index >= 15 is 0 Å². The molecule has 2 heterocycles. The van der Waals surface area contributed by atoms with E-state index in [1.165, 1.54) is 6.33 Å². The molecule has 2 aromatic heterocycles.